The summed E-state index contributed by atoms with van der Waals surface area (Å²) < 4.78 is 70.5. The van der Waals surface area contributed by atoms with Crippen molar-refractivity contribution in [2.24, 2.45) is 0 Å². The Hall–Kier alpha value is -6.72. The van der Waals surface area contributed by atoms with Gasteiger partial charge in [-0.2, -0.15) is 0 Å². The fourth-order valence-electron chi connectivity index (χ4n) is 6.11. The molecule has 0 bridgehead atoms. The van der Waals surface area contributed by atoms with E-state index in [-0.39, 0.29) is 9.79 Å². The second-order valence-electron chi connectivity index (χ2n) is 13.0. The predicted molar refractivity (Wildman–Crippen MR) is 223 cm³/mol. The first-order valence-electron chi connectivity index (χ1n) is 17.5. The first kappa shape index (κ1) is 37.6. The number of rotatable bonds is 8. The van der Waals surface area contributed by atoms with Gasteiger partial charge in [-0.3, -0.25) is 9.44 Å². The van der Waals surface area contributed by atoms with Gasteiger partial charge in [0.25, 0.3) is 20.0 Å². The zero-order chi connectivity index (χ0) is 39.5. The average Bonchev–Trinajstić information content (AvgIpc) is 3.20. The highest BCUT2D eigenvalue weighted by atomic mass is 32.2. The third-order valence-electron chi connectivity index (χ3n) is 9.18. The molecule has 0 aliphatic heterocycles. The molecule has 10 heteroatoms. The minimum absolute atomic E-state index is 0.130. The van der Waals surface area contributed by atoms with Crippen molar-refractivity contribution < 1.29 is 26.3 Å². The molecule has 0 radical (unpaired) electrons. The Morgan fingerprint density at radius 3 is 1.23 bits per heavy atom. The Labute approximate surface area is 327 Å². The van der Waals surface area contributed by atoms with Crippen molar-refractivity contribution in [3.8, 4) is 35.2 Å². The summed E-state index contributed by atoms with van der Waals surface area (Å²) in [6.45, 7) is 3.79. The molecule has 7 aromatic carbocycles. The maximum absolute atomic E-state index is 13.5. The maximum atomic E-state index is 13.5. The molecule has 7 aromatic rings. The van der Waals surface area contributed by atoms with Crippen molar-refractivity contribution in [2.75, 3.05) is 23.7 Å². The zero-order valence-corrected chi connectivity index (χ0v) is 32.6. The quantitative estimate of drug-likeness (QED) is 0.149. The Balaban J connectivity index is 1.33. The number of aryl methyl sites for hydroxylation is 2. The average molecular weight is 777 g/mol. The lowest BCUT2D eigenvalue weighted by Crippen LogP contribution is -2.14. The molecule has 0 fully saturated rings. The summed E-state index contributed by atoms with van der Waals surface area (Å²) >= 11 is 0. The van der Waals surface area contributed by atoms with Crippen molar-refractivity contribution in [2.45, 2.75) is 23.6 Å². The van der Waals surface area contributed by atoms with Crippen LogP contribution in [0.4, 0.5) is 11.4 Å². The number of anilines is 2. The molecule has 278 valence electrons. The molecule has 0 aliphatic rings. The van der Waals surface area contributed by atoms with E-state index in [0.717, 1.165) is 32.7 Å². The van der Waals surface area contributed by atoms with Crippen molar-refractivity contribution in [3.05, 3.63) is 167 Å². The van der Waals surface area contributed by atoms with E-state index in [0.29, 0.717) is 45.1 Å². The van der Waals surface area contributed by atoms with Gasteiger partial charge in [-0.05, 0) is 120 Å². The molecule has 7 rings (SSSR count). The molecule has 0 unspecified atom stereocenters. The lowest BCUT2D eigenvalue weighted by molar-refractivity contribution is 0.415. The number of nitrogens with one attached hydrogen (secondary N) is 2. The van der Waals surface area contributed by atoms with Crippen molar-refractivity contribution in [3.63, 3.8) is 0 Å². The van der Waals surface area contributed by atoms with Gasteiger partial charge in [0.05, 0.1) is 46.5 Å². The molecule has 2 N–H and O–H groups in total. The normalized spacial score (nSPS) is 11.2. The second kappa shape index (κ2) is 15.6. The van der Waals surface area contributed by atoms with E-state index >= 15 is 0 Å². The first-order chi connectivity index (χ1) is 26.9. The summed E-state index contributed by atoms with van der Waals surface area (Å²) in [5.41, 5.74) is 4.63. The van der Waals surface area contributed by atoms with Crippen molar-refractivity contribution >= 4 is 53.0 Å². The molecular formula is C46H36N2O6S2. The molecule has 0 spiro atoms. The second-order valence-corrected chi connectivity index (χ2v) is 16.4. The largest absolute Gasteiger partial charge is 0.497 e. The number of sulfonamides is 2. The third-order valence-corrected chi connectivity index (χ3v) is 11.9. The molecular weight excluding hydrogens is 741 g/mol. The molecule has 56 heavy (non-hydrogen) atoms. The highest BCUT2D eigenvalue weighted by Gasteiger charge is 2.19. The minimum atomic E-state index is -3.95. The number of ether oxygens (including phenoxy) is 2. The highest BCUT2D eigenvalue weighted by molar-refractivity contribution is 7.93. The topological polar surface area (TPSA) is 111 Å². The van der Waals surface area contributed by atoms with Gasteiger partial charge in [0.15, 0.2) is 0 Å². The van der Waals surface area contributed by atoms with E-state index in [9.17, 15) is 16.8 Å². The summed E-state index contributed by atoms with van der Waals surface area (Å²) in [6, 6.07) is 38.6. The van der Waals surface area contributed by atoms with Crippen LogP contribution in [0.25, 0.3) is 21.5 Å². The van der Waals surface area contributed by atoms with Crippen LogP contribution in [-0.4, -0.2) is 31.1 Å². The Morgan fingerprint density at radius 2 is 0.857 bits per heavy atom. The predicted octanol–water partition coefficient (Wildman–Crippen LogP) is 9.03. The number of hydrogen-bond acceptors (Lipinski definition) is 6. The molecule has 0 saturated carbocycles. The summed E-state index contributed by atoms with van der Waals surface area (Å²) in [4.78, 5) is 0.259. The van der Waals surface area contributed by atoms with Gasteiger partial charge in [0.1, 0.15) is 11.5 Å². The molecule has 0 aromatic heterocycles. The third kappa shape index (κ3) is 8.03. The summed E-state index contributed by atoms with van der Waals surface area (Å²) in [5.74, 6) is 14.3. The Kier molecular flexibility index (Phi) is 10.4. The van der Waals surface area contributed by atoms with Crippen LogP contribution in [0.2, 0.25) is 0 Å². The Morgan fingerprint density at radius 1 is 0.464 bits per heavy atom. The van der Waals surface area contributed by atoms with Crippen LogP contribution in [0.15, 0.2) is 143 Å². The van der Waals surface area contributed by atoms with Gasteiger partial charge >= 0.3 is 0 Å². The standard InChI is InChI=1S/C46H36N2O6S2/c1-31-9-19-39(20-10-31)55(49,50)47-45-27-15-35-29-37(53-3)17-25-41(35)43(45)23-13-33-7-5-6-8-34(33)14-24-44-42-26-18-38(54-4)30-36(42)16-28-46(44)48-56(51,52)40-21-11-32(2)12-22-40/h5-12,15-22,25-30,47-48H,1-4H3. The fourth-order valence-corrected chi connectivity index (χ4v) is 8.26. The van der Waals surface area contributed by atoms with Crippen molar-refractivity contribution in [1.29, 1.82) is 0 Å². The maximum Gasteiger partial charge on any atom is 0.261 e. The molecule has 0 saturated heterocycles. The highest BCUT2D eigenvalue weighted by Crippen LogP contribution is 2.32. The van der Waals surface area contributed by atoms with E-state index in [1.165, 1.54) is 0 Å². The molecule has 0 heterocycles. The Bertz CT molecular complexity index is 2790. The van der Waals surface area contributed by atoms with E-state index in [1.807, 2.05) is 74.5 Å². The molecule has 0 atom stereocenters. The lowest BCUT2D eigenvalue weighted by atomic mass is 10.0. The molecule has 0 aliphatic carbocycles. The van der Waals surface area contributed by atoms with E-state index < -0.39 is 20.0 Å². The van der Waals surface area contributed by atoms with Crippen LogP contribution >= 0.6 is 0 Å². The zero-order valence-electron chi connectivity index (χ0n) is 31.0. The van der Waals surface area contributed by atoms with Gasteiger partial charge in [0, 0.05) is 11.1 Å². The molecule has 8 nitrogen and oxygen atoms in total. The van der Waals surface area contributed by atoms with Crippen LogP contribution in [0, 0.1) is 37.5 Å². The van der Waals surface area contributed by atoms with Crippen LogP contribution < -0.4 is 18.9 Å². The van der Waals surface area contributed by atoms with Gasteiger partial charge in [-0.1, -0.05) is 83.3 Å². The minimum Gasteiger partial charge on any atom is -0.497 e. The number of fused-ring (bicyclic) bond motifs is 2. The van der Waals surface area contributed by atoms with E-state index in [4.69, 9.17) is 9.47 Å². The van der Waals surface area contributed by atoms with E-state index in [1.54, 1.807) is 87.0 Å². The lowest BCUT2D eigenvalue weighted by Gasteiger charge is -2.13. The van der Waals surface area contributed by atoms with Crippen LogP contribution in [0.1, 0.15) is 33.4 Å². The summed E-state index contributed by atoms with van der Waals surface area (Å²) in [7, 11) is -4.72. The SMILES string of the molecule is COc1ccc2c(C#Cc3ccccc3C#Cc3c(NS(=O)(=O)c4ccc(C)cc4)ccc4cc(OC)ccc34)c(NS(=O)(=O)c3ccc(C)cc3)ccc2c1. The number of methoxy groups -OCH3 is 2. The van der Waals surface area contributed by atoms with E-state index in [2.05, 4.69) is 33.1 Å². The summed E-state index contributed by atoms with van der Waals surface area (Å²) in [5, 5.41) is 3.08. The fraction of sp³-hybridized carbons (Fsp3) is 0.0870. The monoisotopic (exact) mass is 776 g/mol. The summed E-state index contributed by atoms with van der Waals surface area (Å²) in [6.07, 6.45) is 0. The van der Waals surface area contributed by atoms with Crippen LogP contribution in [0.5, 0.6) is 11.5 Å². The van der Waals surface area contributed by atoms with Gasteiger partial charge < -0.3 is 9.47 Å². The number of hydrogen-bond donors (Lipinski definition) is 2. The number of benzene rings is 7. The van der Waals surface area contributed by atoms with Gasteiger partial charge in [0.2, 0.25) is 0 Å². The first-order valence-corrected chi connectivity index (χ1v) is 20.4. The molecule has 0 amide bonds. The van der Waals surface area contributed by atoms with Crippen LogP contribution in [-0.2, 0) is 20.0 Å². The van der Waals surface area contributed by atoms with Crippen molar-refractivity contribution in [1.82, 2.24) is 0 Å². The van der Waals surface area contributed by atoms with Gasteiger partial charge in [-0.25, -0.2) is 16.8 Å². The smallest absolute Gasteiger partial charge is 0.261 e. The van der Waals surface area contributed by atoms with Crippen LogP contribution in [0.3, 0.4) is 0 Å². The van der Waals surface area contributed by atoms with Gasteiger partial charge in [-0.15, -0.1) is 0 Å².